The fourth-order valence-corrected chi connectivity index (χ4v) is 2.63. The van der Waals surface area contributed by atoms with E-state index in [1.807, 2.05) is 0 Å². The predicted molar refractivity (Wildman–Crippen MR) is 77.6 cm³/mol. The van der Waals surface area contributed by atoms with Crippen LogP contribution < -0.4 is 9.47 Å². The molecule has 21 heavy (non-hydrogen) atoms. The standard InChI is InChI=1S/C15H11Cl2FO3/c16-10-2-1-8(12(18)6-10)4-13(19)9-3-11(17)15-14(5-9)20-7-21-15/h1-3,5-6,13,19H,4,7H2. The minimum absolute atomic E-state index is 0.0976. The predicted octanol–water partition coefficient (Wildman–Crippen LogP) is 4.14. The van der Waals surface area contributed by atoms with Crippen LogP contribution in [0, 0.1) is 5.82 Å². The van der Waals surface area contributed by atoms with Gasteiger partial charge < -0.3 is 14.6 Å². The number of rotatable bonds is 3. The Morgan fingerprint density at radius 3 is 2.76 bits per heavy atom. The minimum Gasteiger partial charge on any atom is -0.454 e. The fourth-order valence-electron chi connectivity index (χ4n) is 2.19. The zero-order valence-corrected chi connectivity index (χ0v) is 12.3. The molecule has 2 aromatic rings. The molecule has 0 radical (unpaired) electrons. The molecule has 0 spiro atoms. The lowest BCUT2D eigenvalue weighted by atomic mass is 10.0. The van der Waals surface area contributed by atoms with Crippen molar-refractivity contribution in [3.8, 4) is 11.5 Å². The number of hydrogen-bond donors (Lipinski definition) is 1. The van der Waals surface area contributed by atoms with E-state index < -0.39 is 11.9 Å². The molecule has 0 saturated heterocycles. The maximum atomic E-state index is 13.8. The van der Waals surface area contributed by atoms with Gasteiger partial charge in [-0.05, 0) is 35.4 Å². The Bertz CT molecular complexity index is 691. The summed E-state index contributed by atoms with van der Waals surface area (Å²) in [4.78, 5) is 0. The highest BCUT2D eigenvalue weighted by atomic mass is 35.5. The van der Waals surface area contributed by atoms with Crippen LogP contribution in [-0.2, 0) is 6.42 Å². The highest BCUT2D eigenvalue weighted by Gasteiger charge is 2.21. The zero-order chi connectivity index (χ0) is 15.0. The summed E-state index contributed by atoms with van der Waals surface area (Å²) in [7, 11) is 0. The van der Waals surface area contributed by atoms with Crippen LogP contribution in [-0.4, -0.2) is 11.9 Å². The molecule has 1 heterocycles. The number of benzene rings is 2. The summed E-state index contributed by atoms with van der Waals surface area (Å²) >= 11 is 11.8. The third-order valence-corrected chi connectivity index (χ3v) is 3.78. The second-order valence-electron chi connectivity index (χ2n) is 4.69. The molecule has 0 bridgehead atoms. The first-order chi connectivity index (χ1) is 10.0. The van der Waals surface area contributed by atoms with Crippen LogP contribution in [0.25, 0.3) is 0 Å². The largest absolute Gasteiger partial charge is 0.454 e. The van der Waals surface area contributed by atoms with Crippen molar-refractivity contribution in [2.75, 3.05) is 6.79 Å². The molecule has 0 saturated carbocycles. The molecule has 1 N–H and O–H groups in total. The van der Waals surface area contributed by atoms with E-state index >= 15 is 0 Å². The molecular weight excluding hydrogens is 318 g/mol. The highest BCUT2D eigenvalue weighted by molar-refractivity contribution is 6.32. The first-order valence-electron chi connectivity index (χ1n) is 6.25. The first kappa shape index (κ1) is 14.4. The van der Waals surface area contributed by atoms with Gasteiger partial charge in [-0.15, -0.1) is 0 Å². The SMILES string of the molecule is OC(Cc1ccc(Cl)cc1F)c1cc(Cl)c2c(c1)OCO2. The van der Waals surface area contributed by atoms with Crippen molar-refractivity contribution in [3.05, 3.63) is 57.3 Å². The smallest absolute Gasteiger partial charge is 0.231 e. The average Bonchev–Trinajstić information content (AvgIpc) is 2.90. The summed E-state index contributed by atoms with van der Waals surface area (Å²) in [5.74, 6) is 0.492. The molecule has 1 aliphatic heterocycles. The van der Waals surface area contributed by atoms with E-state index in [0.717, 1.165) is 0 Å². The van der Waals surface area contributed by atoms with Crippen LogP contribution in [0.3, 0.4) is 0 Å². The summed E-state index contributed by atoms with van der Waals surface area (Å²) in [5.41, 5.74) is 0.916. The third-order valence-electron chi connectivity index (χ3n) is 3.26. The van der Waals surface area contributed by atoms with Crippen LogP contribution >= 0.6 is 23.2 Å². The molecule has 2 aromatic carbocycles. The molecule has 110 valence electrons. The van der Waals surface area contributed by atoms with Gasteiger partial charge in [0.1, 0.15) is 5.82 Å². The van der Waals surface area contributed by atoms with E-state index in [-0.39, 0.29) is 13.2 Å². The van der Waals surface area contributed by atoms with Crippen molar-refractivity contribution < 1.29 is 19.0 Å². The Morgan fingerprint density at radius 1 is 1.19 bits per heavy atom. The molecule has 0 aromatic heterocycles. The van der Waals surface area contributed by atoms with Crippen molar-refractivity contribution in [2.24, 2.45) is 0 Å². The lowest BCUT2D eigenvalue weighted by Crippen LogP contribution is -2.04. The molecule has 0 aliphatic carbocycles. The van der Waals surface area contributed by atoms with Gasteiger partial charge in [0.25, 0.3) is 0 Å². The van der Waals surface area contributed by atoms with Gasteiger partial charge in [0, 0.05) is 11.4 Å². The second kappa shape index (κ2) is 5.72. The van der Waals surface area contributed by atoms with Gasteiger partial charge in [-0.3, -0.25) is 0 Å². The van der Waals surface area contributed by atoms with Gasteiger partial charge in [0.2, 0.25) is 6.79 Å². The van der Waals surface area contributed by atoms with Gasteiger partial charge >= 0.3 is 0 Å². The Balaban J connectivity index is 1.85. The third kappa shape index (κ3) is 2.93. The number of fused-ring (bicyclic) bond motifs is 1. The summed E-state index contributed by atoms with van der Waals surface area (Å²) < 4.78 is 24.2. The van der Waals surface area contributed by atoms with Crippen molar-refractivity contribution >= 4 is 23.2 Å². The lowest BCUT2D eigenvalue weighted by molar-refractivity contribution is 0.171. The Morgan fingerprint density at radius 2 is 2.00 bits per heavy atom. The van der Waals surface area contributed by atoms with Gasteiger partial charge in [-0.2, -0.15) is 0 Å². The Kier molecular flexibility index (Phi) is 3.93. The van der Waals surface area contributed by atoms with Crippen molar-refractivity contribution in [1.82, 2.24) is 0 Å². The molecule has 1 aliphatic rings. The highest BCUT2D eigenvalue weighted by Crippen LogP contribution is 2.41. The summed E-state index contributed by atoms with van der Waals surface area (Å²) in [6.45, 7) is 0.0976. The molecule has 1 atom stereocenters. The molecule has 3 rings (SSSR count). The monoisotopic (exact) mass is 328 g/mol. The van der Waals surface area contributed by atoms with Crippen LogP contribution in [0.4, 0.5) is 4.39 Å². The number of ether oxygens (including phenoxy) is 2. The van der Waals surface area contributed by atoms with E-state index in [1.54, 1.807) is 24.3 Å². The summed E-state index contributed by atoms with van der Waals surface area (Å²) in [6, 6.07) is 7.59. The van der Waals surface area contributed by atoms with Gasteiger partial charge in [0.15, 0.2) is 11.5 Å². The van der Waals surface area contributed by atoms with Gasteiger partial charge in [-0.25, -0.2) is 4.39 Å². The molecule has 0 amide bonds. The Labute approximate surface area is 130 Å². The number of halogens is 3. The van der Waals surface area contributed by atoms with Gasteiger partial charge in [0.05, 0.1) is 11.1 Å². The fraction of sp³-hybridized carbons (Fsp3) is 0.200. The Hall–Kier alpha value is -1.49. The van der Waals surface area contributed by atoms with Crippen molar-refractivity contribution in [3.63, 3.8) is 0 Å². The lowest BCUT2D eigenvalue weighted by Gasteiger charge is -2.13. The minimum atomic E-state index is -0.910. The first-order valence-corrected chi connectivity index (χ1v) is 7.01. The average molecular weight is 329 g/mol. The normalized spacial score (nSPS) is 14.3. The second-order valence-corrected chi connectivity index (χ2v) is 5.54. The van der Waals surface area contributed by atoms with E-state index in [0.29, 0.717) is 32.7 Å². The van der Waals surface area contributed by atoms with Crippen LogP contribution in [0.2, 0.25) is 10.0 Å². The van der Waals surface area contributed by atoms with Crippen LogP contribution in [0.5, 0.6) is 11.5 Å². The van der Waals surface area contributed by atoms with E-state index in [1.165, 1.54) is 6.07 Å². The van der Waals surface area contributed by atoms with Crippen molar-refractivity contribution in [2.45, 2.75) is 12.5 Å². The summed E-state index contributed by atoms with van der Waals surface area (Å²) in [5, 5.41) is 10.9. The van der Waals surface area contributed by atoms with Gasteiger partial charge in [-0.1, -0.05) is 29.3 Å². The maximum Gasteiger partial charge on any atom is 0.231 e. The molecule has 3 nitrogen and oxygen atoms in total. The molecular formula is C15H11Cl2FO3. The molecule has 0 fully saturated rings. The quantitative estimate of drug-likeness (QED) is 0.920. The van der Waals surface area contributed by atoms with E-state index in [4.69, 9.17) is 32.7 Å². The van der Waals surface area contributed by atoms with Crippen molar-refractivity contribution in [1.29, 1.82) is 0 Å². The topological polar surface area (TPSA) is 38.7 Å². The maximum absolute atomic E-state index is 13.8. The number of aliphatic hydroxyl groups is 1. The zero-order valence-electron chi connectivity index (χ0n) is 10.8. The van der Waals surface area contributed by atoms with E-state index in [2.05, 4.69) is 0 Å². The summed E-state index contributed by atoms with van der Waals surface area (Å²) in [6.07, 6.45) is -0.799. The number of hydrogen-bond acceptors (Lipinski definition) is 3. The molecule has 6 heteroatoms. The molecule has 1 unspecified atom stereocenters. The van der Waals surface area contributed by atoms with E-state index in [9.17, 15) is 9.50 Å². The van der Waals surface area contributed by atoms with Crippen LogP contribution in [0.1, 0.15) is 17.2 Å². The van der Waals surface area contributed by atoms with Crippen LogP contribution in [0.15, 0.2) is 30.3 Å². The number of aliphatic hydroxyl groups excluding tert-OH is 1.